The van der Waals surface area contributed by atoms with Gasteiger partial charge in [0, 0.05) is 12.6 Å². The molecule has 0 radical (unpaired) electrons. The molecule has 1 aliphatic heterocycles. The second-order valence-electron chi connectivity index (χ2n) is 5.45. The smallest absolute Gasteiger partial charge is 0.226 e. The second-order valence-corrected chi connectivity index (χ2v) is 5.83. The minimum absolute atomic E-state index is 0.0220. The number of hydrogen-bond acceptors (Lipinski definition) is 4. The van der Waals surface area contributed by atoms with E-state index < -0.39 is 0 Å². The molecule has 1 saturated carbocycles. The summed E-state index contributed by atoms with van der Waals surface area (Å²) < 4.78 is 8.45. The summed E-state index contributed by atoms with van der Waals surface area (Å²) in [5.41, 5.74) is -0.0220. The van der Waals surface area contributed by atoms with E-state index in [1.807, 2.05) is 0 Å². The van der Waals surface area contributed by atoms with Crippen LogP contribution < -0.4 is 4.90 Å². The molecular weight excluding hydrogens is 236 g/mol. The largest absolute Gasteiger partial charge is 0.377 e. The van der Waals surface area contributed by atoms with E-state index in [4.69, 9.17) is 17.0 Å². The van der Waals surface area contributed by atoms with Crippen molar-refractivity contribution in [1.29, 1.82) is 0 Å². The molecule has 94 valence electrons. The van der Waals surface area contributed by atoms with E-state index in [1.54, 1.807) is 0 Å². The van der Waals surface area contributed by atoms with Crippen LogP contribution in [0, 0.1) is 4.77 Å². The van der Waals surface area contributed by atoms with E-state index in [0.717, 1.165) is 30.5 Å². The van der Waals surface area contributed by atoms with Gasteiger partial charge in [-0.15, -0.1) is 5.10 Å². The lowest BCUT2D eigenvalue weighted by atomic mass is 10.0. The molecule has 2 heterocycles. The first kappa shape index (κ1) is 11.2. The lowest BCUT2D eigenvalue weighted by Gasteiger charge is -2.42. The molecule has 2 fully saturated rings. The standard InChI is InChI=1S/C11H18N4OS/c1-11(2)7-16-6-5-14(11)9-12-13-10(17)15(9)8-3-4-8/h8H,3-7H2,1-2H3,(H,13,17). The van der Waals surface area contributed by atoms with Gasteiger partial charge >= 0.3 is 0 Å². The lowest BCUT2D eigenvalue weighted by molar-refractivity contribution is 0.0629. The molecular formula is C11H18N4OS. The Hall–Kier alpha value is -0.880. The zero-order valence-corrected chi connectivity index (χ0v) is 11.1. The van der Waals surface area contributed by atoms with Crippen molar-refractivity contribution in [1.82, 2.24) is 14.8 Å². The number of nitrogens with one attached hydrogen (secondary N) is 1. The molecule has 1 aliphatic carbocycles. The fourth-order valence-electron chi connectivity index (χ4n) is 2.38. The van der Waals surface area contributed by atoms with Crippen molar-refractivity contribution in [3.05, 3.63) is 4.77 Å². The van der Waals surface area contributed by atoms with Crippen LogP contribution in [0.15, 0.2) is 0 Å². The molecule has 0 amide bonds. The number of aromatic nitrogens is 3. The van der Waals surface area contributed by atoms with Crippen LogP contribution in [0.3, 0.4) is 0 Å². The predicted octanol–water partition coefficient (Wildman–Crippen LogP) is 1.89. The normalized spacial score (nSPS) is 24.0. The molecule has 1 saturated heterocycles. The number of hydrogen-bond donors (Lipinski definition) is 1. The maximum Gasteiger partial charge on any atom is 0.226 e. The highest BCUT2D eigenvalue weighted by Gasteiger charge is 2.36. The van der Waals surface area contributed by atoms with Gasteiger partial charge in [0.05, 0.1) is 18.8 Å². The van der Waals surface area contributed by atoms with Crippen LogP contribution in [0.4, 0.5) is 5.95 Å². The zero-order valence-electron chi connectivity index (χ0n) is 10.3. The lowest BCUT2D eigenvalue weighted by Crippen LogP contribution is -2.54. The fourth-order valence-corrected chi connectivity index (χ4v) is 2.65. The molecule has 0 aromatic carbocycles. The topological polar surface area (TPSA) is 46.1 Å². The Kier molecular flexibility index (Phi) is 2.52. The third-order valence-electron chi connectivity index (χ3n) is 3.48. The average Bonchev–Trinajstić information content (AvgIpc) is 3.03. The number of morpholine rings is 1. The van der Waals surface area contributed by atoms with Gasteiger partial charge in [-0.25, -0.2) is 5.10 Å². The number of H-pyrrole nitrogens is 1. The van der Waals surface area contributed by atoms with Crippen molar-refractivity contribution < 1.29 is 4.74 Å². The van der Waals surface area contributed by atoms with Gasteiger partial charge in [-0.1, -0.05) is 0 Å². The molecule has 1 aromatic heterocycles. The van der Waals surface area contributed by atoms with Gasteiger partial charge in [-0.2, -0.15) is 0 Å². The summed E-state index contributed by atoms with van der Waals surface area (Å²) in [5, 5.41) is 7.34. The molecule has 5 nitrogen and oxygen atoms in total. The fraction of sp³-hybridized carbons (Fsp3) is 0.818. The second kappa shape index (κ2) is 3.81. The Labute approximate surface area is 106 Å². The SMILES string of the molecule is CC1(C)COCCN1c1n[nH]c(=S)n1C1CC1. The minimum atomic E-state index is -0.0220. The Bertz CT molecular complexity index is 474. The quantitative estimate of drug-likeness (QED) is 0.819. The van der Waals surface area contributed by atoms with Crippen LogP contribution in [0.1, 0.15) is 32.7 Å². The molecule has 0 unspecified atom stereocenters. The summed E-state index contributed by atoms with van der Waals surface area (Å²) in [5.74, 6) is 0.978. The average molecular weight is 254 g/mol. The van der Waals surface area contributed by atoms with Gasteiger partial charge in [0.1, 0.15) is 0 Å². The van der Waals surface area contributed by atoms with E-state index in [1.165, 1.54) is 12.8 Å². The van der Waals surface area contributed by atoms with E-state index in [9.17, 15) is 0 Å². The molecule has 17 heavy (non-hydrogen) atoms. The van der Waals surface area contributed by atoms with Crippen LogP contribution in [-0.2, 0) is 4.74 Å². The molecule has 2 aliphatic rings. The van der Waals surface area contributed by atoms with E-state index in [2.05, 4.69) is 33.5 Å². The van der Waals surface area contributed by atoms with Gasteiger partial charge in [-0.3, -0.25) is 4.57 Å². The van der Waals surface area contributed by atoms with Gasteiger partial charge < -0.3 is 9.64 Å². The van der Waals surface area contributed by atoms with Crippen molar-refractivity contribution in [2.24, 2.45) is 0 Å². The highest BCUT2D eigenvalue weighted by atomic mass is 32.1. The summed E-state index contributed by atoms with van der Waals surface area (Å²) in [6, 6.07) is 0.551. The summed E-state index contributed by atoms with van der Waals surface area (Å²) in [4.78, 5) is 2.31. The number of ether oxygens (including phenoxy) is 1. The Morgan fingerprint density at radius 1 is 1.47 bits per heavy atom. The molecule has 0 atom stereocenters. The molecule has 6 heteroatoms. The first-order chi connectivity index (χ1) is 8.09. The maximum absolute atomic E-state index is 5.54. The van der Waals surface area contributed by atoms with Crippen LogP contribution in [0.25, 0.3) is 0 Å². The van der Waals surface area contributed by atoms with Crippen molar-refractivity contribution >= 4 is 18.2 Å². The van der Waals surface area contributed by atoms with Crippen molar-refractivity contribution in [2.45, 2.75) is 38.3 Å². The van der Waals surface area contributed by atoms with E-state index in [-0.39, 0.29) is 5.54 Å². The van der Waals surface area contributed by atoms with Gasteiger partial charge in [0.25, 0.3) is 0 Å². The number of nitrogens with zero attached hydrogens (tertiary/aromatic N) is 3. The summed E-state index contributed by atoms with van der Waals surface area (Å²) in [7, 11) is 0. The van der Waals surface area contributed by atoms with E-state index >= 15 is 0 Å². The summed E-state index contributed by atoms with van der Waals surface area (Å²) in [6.45, 7) is 6.73. The van der Waals surface area contributed by atoms with Gasteiger partial charge in [0.2, 0.25) is 5.95 Å². The number of rotatable bonds is 2. The molecule has 0 spiro atoms. The number of aromatic amines is 1. The van der Waals surface area contributed by atoms with Crippen molar-refractivity contribution in [3.63, 3.8) is 0 Å². The monoisotopic (exact) mass is 254 g/mol. The molecule has 0 bridgehead atoms. The van der Waals surface area contributed by atoms with Crippen LogP contribution in [-0.4, -0.2) is 40.1 Å². The Morgan fingerprint density at radius 3 is 2.88 bits per heavy atom. The first-order valence-electron chi connectivity index (χ1n) is 6.12. The summed E-state index contributed by atoms with van der Waals surface area (Å²) >= 11 is 5.32. The number of anilines is 1. The van der Waals surface area contributed by atoms with Crippen LogP contribution in [0.2, 0.25) is 0 Å². The van der Waals surface area contributed by atoms with Crippen molar-refractivity contribution in [2.75, 3.05) is 24.7 Å². The third-order valence-corrected chi connectivity index (χ3v) is 3.77. The van der Waals surface area contributed by atoms with Gasteiger partial charge in [0.15, 0.2) is 4.77 Å². The summed E-state index contributed by atoms with van der Waals surface area (Å²) in [6.07, 6.45) is 2.43. The third kappa shape index (κ3) is 1.89. The maximum atomic E-state index is 5.54. The van der Waals surface area contributed by atoms with Crippen LogP contribution in [0.5, 0.6) is 0 Å². The zero-order chi connectivity index (χ0) is 12.0. The van der Waals surface area contributed by atoms with E-state index in [0.29, 0.717) is 6.04 Å². The highest BCUT2D eigenvalue weighted by Crippen LogP contribution is 2.39. The highest BCUT2D eigenvalue weighted by molar-refractivity contribution is 7.71. The Morgan fingerprint density at radius 2 is 2.24 bits per heavy atom. The first-order valence-corrected chi connectivity index (χ1v) is 6.53. The van der Waals surface area contributed by atoms with Gasteiger partial charge in [-0.05, 0) is 38.9 Å². The predicted molar refractivity (Wildman–Crippen MR) is 67.9 cm³/mol. The Balaban J connectivity index is 2.00. The molecule has 3 rings (SSSR count). The van der Waals surface area contributed by atoms with Crippen LogP contribution >= 0.6 is 12.2 Å². The molecule has 1 N–H and O–H groups in total. The van der Waals surface area contributed by atoms with Crippen molar-refractivity contribution in [3.8, 4) is 0 Å². The minimum Gasteiger partial charge on any atom is -0.377 e. The molecule has 1 aromatic rings.